The quantitative estimate of drug-likeness (QED) is 0.592. The molecule has 0 aromatic rings. The zero-order valence-corrected chi connectivity index (χ0v) is 11.5. The van der Waals surface area contributed by atoms with Crippen molar-refractivity contribution in [3.63, 3.8) is 0 Å². The second-order valence-electron chi connectivity index (χ2n) is 4.16. The summed E-state index contributed by atoms with van der Waals surface area (Å²) in [6, 6.07) is 0.217. The first-order valence-electron chi connectivity index (χ1n) is 6.15. The van der Waals surface area contributed by atoms with Crippen molar-refractivity contribution in [3.05, 3.63) is 0 Å². The average Bonchev–Trinajstić information content (AvgIpc) is 2.24. The smallest absolute Gasteiger partial charge is 0.304 e. The first-order valence-corrected chi connectivity index (χ1v) is 7.30. The molecule has 0 radical (unpaired) electrons. The van der Waals surface area contributed by atoms with Crippen molar-refractivity contribution in [3.8, 4) is 0 Å². The molecule has 1 atom stereocenters. The Hall–Kier alpha value is -0.710. The molecule has 5 heteroatoms. The summed E-state index contributed by atoms with van der Waals surface area (Å²) in [7, 11) is 0. The van der Waals surface area contributed by atoms with Crippen LogP contribution in [0.2, 0.25) is 0 Å². The largest absolute Gasteiger partial charge is 0.481 e. The van der Waals surface area contributed by atoms with Crippen LogP contribution in [0.1, 0.15) is 46.0 Å². The minimum atomic E-state index is -0.814. The third-order valence-corrected chi connectivity index (χ3v) is 3.30. The molecule has 0 aromatic carbocycles. The van der Waals surface area contributed by atoms with E-state index in [1.54, 1.807) is 0 Å². The molecule has 0 rings (SSSR count). The molecule has 0 saturated carbocycles. The third kappa shape index (κ3) is 11.6. The van der Waals surface area contributed by atoms with Gasteiger partial charge in [-0.05, 0) is 13.3 Å². The van der Waals surface area contributed by atoms with Gasteiger partial charge in [0.1, 0.15) is 0 Å². The molecule has 0 bridgehead atoms. The Balaban J connectivity index is 3.47. The maximum Gasteiger partial charge on any atom is 0.304 e. The van der Waals surface area contributed by atoms with Gasteiger partial charge in [0.05, 0.1) is 12.2 Å². The zero-order valence-electron chi connectivity index (χ0n) is 10.7. The van der Waals surface area contributed by atoms with Crippen molar-refractivity contribution in [2.24, 2.45) is 0 Å². The molecule has 1 unspecified atom stereocenters. The number of carbonyl (C=O) groups is 2. The molecule has 0 saturated heterocycles. The predicted molar refractivity (Wildman–Crippen MR) is 71.3 cm³/mol. The first kappa shape index (κ1) is 16.3. The number of nitrogens with one attached hydrogen (secondary N) is 1. The molecule has 17 heavy (non-hydrogen) atoms. The molecule has 4 nitrogen and oxygen atoms in total. The minimum absolute atomic E-state index is 0.00406. The number of carboxylic acid groups (broad SMARTS) is 1. The van der Waals surface area contributed by atoms with Gasteiger partial charge in [-0.1, -0.05) is 26.2 Å². The summed E-state index contributed by atoms with van der Waals surface area (Å²) in [5.41, 5.74) is 0. The first-order chi connectivity index (χ1) is 8.06. The van der Waals surface area contributed by atoms with Crippen LogP contribution in [0.3, 0.4) is 0 Å². The summed E-state index contributed by atoms with van der Waals surface area (Å²) in [4.78, 5) is 21.7. The number of amides is 1. The number of unbranched alkanes of at least 4 members (excludes halogenated alkanes) is 2. The molecule has 0 aliphatic carbocycles. The van der Waals surface area contributed by atoms with Gasteiger partial charge < -0.3 is 10.4 Å². The molecule has 0 aliphatic heterocycles. The number of thioether (sulfide) groups is 1. The summed E-state index contributed by atoms with van der Waals surface area (Å²) in [6.45, 7) is 4.16. The van der Waals surface area contributed by atoms with E-state index >= 15 is 0 Å². The normalized spacial score (nSPS) is 12.1. The molecule has 0 spiro atoms. The molecular weight excluding hydrogens is 238 g/mol. The number of hydrogen-bond acceptors (Lipinski definition) is 3. The van der Waals surface area contributed by atoms with Gasteiger partial charge in [-0.25, -0.2) is 0 Å². The van der Waals surface area contributed by atoms with E-state index in [-0.39, 0.29) is 18.4 Å². The van der Waals surface area contributed by atoms with Crippen molar-refractivity contribution in [1.29, 1.82) is 0 Å². The average molecular weight is 261 g/mol. The van der Waals surface area contributed by atoms with Crippen LogP contribution < -0.4 is 5.32 Å². The Kier molecular flexibility index (Phi) is 10.0. The van der Waals surface area contributed by atoms with E-state index in [0.717, 1.165) is 12.8 Å². The maximum absolute atomic E-state index is 11.5. The lowest BCUT2D eigenvalue weighted by molar-refractivity contribution is -0.136. The van der Waals surface area contributed by atoms with Gasteiger partial charge in [0, 0.05) is 11.8 Å². The minimum Gasteiger partial charge on any atom is -0.481 e. The van der Waals surface area contributed by atoms with Crippen molar-refractivity contribution in [2.75, 3.05) is 11.5 Å². The lowest BCUT2D eigenvalue weighted by Gasteiger charge is -2.13. The predicted octanol–water partition coefficient (Wildman–Crippen LogP) is 2.28. The van der Waals surface area contributed by atoms with Crippen molar-refractivity contribution in [1.82, 2.24) is 5.32 Å². The molecule has 0 aromatic heterocycles. The lowest BCUT2D eigenvalue weighted by Crippen LogP contribution is -2.33. The summed E-state index contributed by atoms with van der Waals surface area (Å²) < 4.78 is 0. The number of carbonyl (C=O) groups excluding carboxylic acids is 1. The maximum atomic E-state index is 11.5. The highest BCUT2D eigenvalue weighted by Gasteiger charge is 2.07. The lowest BCUT2D eigenvalue weighted by atomic mass is 10.1. The highest BCUT2D eigenvalue weighted by Crippen LogP contribution is 2.05. The Morgan fingerprint density at radius 1 is 1.35 bits per heavy atom. The molecule has 1 amide bonds. The van der Waals surface area contributed by atoms with Gasteiger partial charge in [-0.3, -0.25) is 9.59 Å². The highest BCUT2D eigenvalue weighted by atomic mass is 32.2. The van der Waals surface area contributed by atoms with Crippen molar-refractivity contribution >= 4 is 23.6 Å². The van der Waals surface area contributed by atoms with Gasteiger partial charge in [-0.2, -0.15) is 11.8 Å². The summed E-state index contributed by atoms with van der Waals surface area (Å²) in [6.07, 6.45) is 4.66. The highest BCUT2D eigenvalue weighted by molar-refractivity contribution is 7.99. The van der Waals surface area contributed by atoms with E-state index in [2.05, 4.69) is 12.2 Å². The van der Waals surface area contributed by atoms with Crippen LogP contribution in [0, 0.1) is 0 Å². The number of rotatable bonds is 10. The van der Waals surface area contributed by atoms with E-state index in [9.17, 15) is 9.59 Å². The van der Waals surface area contributed by atoms with Crippen molar-refractivity contribution in [2.45, 2.75) is 52.0 Å². The SMILES string of the molecule is CCCCCC(C)NC(=O)CSCCC(=O)O. The van der Waals surface area contributed by atoms with E-state index in [1.165, 1.54) is 24.6 Å². The van der Waals surface area contributed by atoms with Gasteiger partial charge in [0.2, 0.25) is 5.91 Å². The van der Waals surface area contributed by atoms with Gasteiger partial charge >= 0.3 is 5.97 Å². The topological polar surface area (TPSA) is 66.4 Å². The van der Waals surface area contributed by atoms with E-state index in [4.69, 9.17) is 5.11 Å². The van der Waals surface area contributed by atoms with Crippen LogP contribution in [0.15, 0.2) is 0 Å². The monoisotopic (exact) mass is 261 g/mol. The second-order valence-corrected chi connectivity index (χ2v) is 5.27. The summed E-state index contributed by atoms with van der Waals surface area (Å²) in [5.74, 6) is 0.0356. The molecular formula is C12H23NO3S. The molecule has 0 fully saturated rings. The Bertz CT molecular complexity index is 234. The fraction of sp³-hybridized carbons (Fsp3) is 0.833. The fourth-order valence-electron chi connectivity index (χ4n) is 1.41. The molecule has 0 heterocycles. The number of aliphatic carboxylic acids is 1. The van der Waals surface area contributed by atoms with E-state index < -0.39 is 5.97 Å². The van der Waals surface area contributed by atoms with E-state index in [1.807, 2.05) is 6.92 Å². The van der Waals surface area contributed by atoms with E-state index in [0.29, 0.717) is 11.5 Å². The van der Waals surface area contributed by atoms with Crippen LogP contribution in [-0.4, -0.2) is 34.5 Å². The van der Waals surface area contributed by atoms with Crippen LogP contribution >= 0.6 is 11.8 Å². The second kappa shape index (κ2) is 10.4. The Labute approximate surface area is 108 Å². The zero-order chi connectivity index (χ0) is 13.1. The van der Waals surface area contributed by atoms with Gasteiger partial charge in [0.15, 0.2) is 0 Å². The Morgan fingerprint density at radius 2 is 2.06 bits per heavy atom. The van der Waals surface area contributed by atoms with Crippen LogP contribution in [-0.2, 0) is 9.59 Å². The van der Waals surface area contributed by atoms with Crippen molar-refractivity contribution < 1.29 is 14.7 Å². The fourth-order valence-corrected chi connectivity index (χ4v) is 2.15. The number of hydrogen-bond donors (Lipinski definition) is 2. The standard InChI is InChI=1S/C12H23NO3S/c1-3-4-5-6-10(2)13-11(14)9-17-8-7-12(15)16/h10H,3-9H2,1-2H3,(H,13,14)(H,15,16). The molecule has 0 aliphatic rings. The molecule has 100 valence electrons. The summed E-state index contributed by atoms with van der Waals surface area (Å²) >= 11 is 1.37. The Morgan fingerprint density at radius 3 is 2.65 bits per heavy atom. The van der Waals surface area contributed by atoms with Gasteiger partial charge in [0.25, 0.3) is 0 Å². The summed E-state index contributed by atoms with van der Waals surface area (Å²) in [5, 5.41) is 11.4. The third-order valence-electron chi connectivity index (χ3n) is 2.34. The van der Waals surface area contributed by atoms with Crippen LogP contribution in [0.4, 0.5) is 0 Å². The van der Waals surface area contributed by atoms with Crippen LogP contribution in [0.25, 0.3) is 0 Å². The number of carboxylic acids is 1. The molecule has 2 N–H and O–H groups in total. The van der Waals surface area contributed by atoms with Crippen LogP contribution in [0.5, 0.6) is 0 Å². The van der Waals surface area contributed by atoms with Gasteiger partial charge in [-0.15, -0.1) is 0 Å².